The SMILES string of the molecule is Cc1ccc(C(=O)CC(=O)c2ccccc2)nc1. The van der Waals surface area contributed by atoms with Crippen LogP contribution >= 0.6 is 0 Å². The van der Waals surface area contributed by atoms with E-state index in [2.05, 4.69) is 4.98 Å². The lowest BCUT2D eigenvalue weighted by Gasteiger charge is -2.01. The Labute approximate surface area is 105 Å². The molecule has 3 nitrogen and oxygen atoms in total. The molecule has 0 radical (unpaired) electrons. The third-order valence-electron chi connectivity index (χ3n) is 2.61. The van der Waals surface area contributed by atoms with Crippen LogP contribution in [0.15, 0.2) is 48.7 Å². The summed E-state index contributed by atoms with van der Waals surface area (Å²) in [5.74, 6) is -0.424. The minimum absolute atomic E-state index is 0.139. The molecule has 0 aliphatic heterocycles. The fourth-order valence-electron chi connectivity index (χ4n) is 1.60. The van der Waals surface area contributed by atoms with Crippen LogP contribution in [0, 0.1) is 6.92 Å². The van der Waals surface area contributed by atoms with Crippen LogP contribution in [0.4, 0.5) is 0 Å². The van der Waals surface area contributed by atoms with Crippen LogP contribution < -0.4 is 0 Å². The predicted octanol–water partition coefficient (Wildman–Crippen LogP) is 2.85. The second-order valence-electron chi connectivity index (χ2n) is 4.11. The van der Waals surface area contributed by atoms with Gasteiger partial charge in [-0.2, -0.15) is 0 Å². The lowest BCUT2D eigenvalue weighted by Crippen LogP contribution is -2.09. The Balaban J connectivity index is 2.08. The van der Waals surface area contributed by atoms with E-state index in [1.807, 2.05) is 19.1 Å². The standard InChI is InChI=1S/C15H13NO2/c1-11-7-8-13(16-10-11)15(18)9-14(17)12-5-3-2-4-6-12/h2-8,10H,9H2,1H3. The number of hydrogen-bond acceptors (Lipinski definition) is 3. The van der Waals surface area contributed by atoms with Crippen molar-refractivity contribution < 1.29 is 9.59 Å². The van der Waals surface area contributed by atoms with Gasteiger partial charge in [0.2, 0.25) is 0 Å². The molecule has 90 valence electrons. The molecule has 0 unspecified atom stereocenters. The highest BCUT2D eigenvalue weighted by atomic mass is 16.1. The zero-order chi connectivity index (χ0) is 13.0. The van der Waals surface area contributed by atoms with E-state index >= 15 is 0 Å². The Morgan fingerprint density at radius 2 is 1.72 bits per heavy atom. The molecule has 1 heterocycles. The van der Waals surface area contributed by atoms with Gasteiger partial charge in [-0.05, 0) is 18.6 Å². The largest absolute Gasteiger partial charge is 0.294 e. The summed E-state index contributed by atoms with van der Waals surface area (Å²) in [5.41, 5.74) is 1.88. The third-order valence-corrected chi connectivity index (χ3v) is 2.61. The Morgan fingerprint density at radius 3 is 2.33 bits per heavy atom. The monoisotopic (exact) mass is 239 g/mol. The smallest absolute Gasteiger partial charge is 0.188 e. The molecular weight excluding hydrogens is 226 g/mol. The van der Waals surface area contributed by atoms with Crippen molar-refractivity contribution in [1.29, 1.82) is 0 Å². The van der Waals surface area contributed by atoms with Crippen molar-refractivity contribution in [2.24, 2.45) is 0 Å². The number of carbonyl (C=O) groups is 2. The molecular formula is C15H13NO2. The van der Waals surface area contributed by atoms with Crippen molar-refractivity contribution >= 4 is 11.6 Å². The first-order chi connectivity index (χ1) is 8.66. The molecule has 1 aromatic heterocycles. The zero-order valence-corrected chi connectivity index (χ0v) is 10.1. The van der Waals surface area contributed by atoms with Crippen LogP contribution in [-0.4, -0.2) is 16.6 Å². The molecule has 1 aromatic carbocycles. The van der Waals surface area contributed by atoms with Crippen LogP contribution in [0.1, 0.15) is 32.8 Å². The summed E-state index contributed by atoms with van der Waals surface area (Å²) >= 11 is 0. The van der Waals surface area contributed by atoms with Crippen molar-refractivity contribution in [3.05, 3.63) is 65.5 Å². The minimum atomic E-state index is -0.246. The highest BCUT2D eigenvalue weighted by Crippen LogP contribution is 2.07. The van der Waals surface area contributed by atoms with Crippen molar-refractivity contribution in [3.8, 4) is 0 Å². The van der Waals surface area contributed by atoms with Crippen molar-refractivity contribution in [2.45, 2.75) is 13.3 Å². The molecule has 2 rings (SSSR count). The molecule has 3 heteroatoms. The van der Waals surface area contributed by atoms with Crippen LogP contribution in [0.5, 0.6) is 0 Å². The first-order valence-corrected chi connectivity index (χ1v) is 5.71. The first kappa shape index (κ1) is 12.2. The summed E-state index contributed by atoms with van der Waals surface area (Å²) in [6.45, 7) is 1.90. The number of aromatic nitrogens is 1. The van der Waals surface area contributed by atoms with E-state index in [4.69, 9.17) is 0 Å². The van der Waals surface area contributed by atoms with Gasteiger partial charge >= 0.3 is 0 Å². The van der Waals surface area contributed by atoms with E-state index in [-0.39, 0.29) is 18.0 Å². The third kappa shape index (κ3) is 2.88. The summed E-state index contributed by atoms with van der Waals surface area (Å²) in [6, 6.07) is 12.3. The maximum absolute atomic E-state index is 11.9. The van der Waals surface area contributed by atoms with Crippen molar-refractivity contribution in [3.63, 3.8) is 0 Å². The molecule has 0 fully saturated rings. The minimum Gasteiger partial charge on any atom is -0.294 e. The van der Waals surface area contributed by atoms with Crippen molar-refractivity contribution in [2.75, 3.05) is 0 Å². The predicted molar refractivity (Wildman–Crippen MR) is 68.7 cm³/mol. The Morgan fingerprint density at radius 1 is 1.00 bits per heavy atom. The Kier molecular flexibility index (Phi) is 3.63. The summed E-state index contributed by atoms with van der Waals surface area (Å²) in [6.07, 6.45) is 1.49. The van der Waals surface area contributed by atoms with Gasteiger partial charge in [0, 0.05) is 11.8 Å². The number of pyridine rings is 1. The molecule has 0 saturated carbocycles. The fraction of sp³-hybridized carbons (Fsp3) is 0.133. The summed E-state index contributed by atoms with van der Waals surface area (Å²) in [7, 11) is 0. The van der Waals surface area contributed by atoms with Crippen LogP contribution in [0.3, 0.4) is 0 Å². The van der Waals surface area contributed by atoms with E-state index in [9.17, 15) is 9.59 Å². The Bertz CT molecular complexity index is 559. The molecule has 18 heavy (non-hydrogen) atoms. The number of rotatable bonds is 4. The highest BCUT2D eigenvalue weighted by molar-refractivity contribution is 6.12. The molecule has 0 spiro atoms. The van der Waals surface area contributed by atoms with Gasteiger partial charge in [0.05, 0.1) is 6.42 Å². The molecule has 0 atom stereocenters. The van der Waals surface area contributed by atoms with Gasteiger partial charge in [-0.3, -0.25) is 14.6 Å². The van der Waals surface area contributed by atoms with E-state index in [1.165, 1.54) is 0 Å². The molecule has 0 bridgehead atoms. The molecule has 2 aromatic rings. The van der Waals surface area contributed by atoms with Gasteiger partial charge in [-0.1, -0.05) is 36.4 Å². The number of hydrogen-bond donors (Lipinski definition) is 0. The highest BCUT2D eigenvalue weighted by Gasteiger charge is 2.14. The molecule has 0 aliphatic carbocycles. The van der Waals surface area contributed by atoms with Gasteiger partial charge in [-0.25, -0.2) is 0 Å². The number of benzene rings is 1. The van der Waals surface area contributed by atoms with Gasteiger partial charge in [-0.15, -0.1) is 0 Å². The summed E-state index contributed by atoms with van der Waals surface area (Å²) in [4.78, 5) is 27.7. The maximum Gasteiger partial charge on any atom is 0.188 e. The van der Waals surface area contributed by atoms with Crippen LogP contribution in [0.2, 0.25) is 0 Å². The summed E-state index contributed by atoms with van der Waals surface area (Å²) < 4.78 is 0. The van der Waals surface area contributed by atoms with Crippen LogP contribution in [0.25, 0.3) is 0 Å². The fourth-order valence-corrected chi connectivity index (χ4v) is 1.60. The number of ketones is 2. The molecule has 0 N–H and O–H groups in total. The topological polar surface area (TPSA) is 47.0 Å². The van der Waals surface area contributed by atoms with Crippen molar-refractivity contribution in [1.82, 2.24) is 4.98 Å². The van der Waals surface area contributed by atoms with E-state index in [0.29, 0.717) is 11.3 Å². The lowest BCUT2D eigenvalue weighted by molar-refractivity contribution is 0.0891. The van der Waals surface area contributed by atoms with Gasteiger partial charge in [0.15, 0.2) is 11.6 Å². The zero-order valence-electron chi connectivity index (χ0n) is 10.1. The maximum atomic E-state index is 11.9. The second kappa shape index (κ2) is 5.36. The number of Topliss-reactive ketones (excluding diaryl/α,β-unsaturated/α-hetero) is 2. The van der Waals surface area contributed by atoms with E-state index in [1.54, 1.807) is 36.5 Å². The normalized spacial score (nSPS) is 10.1. The van der Waals surface area contributed by atoms with E-state index < -0.39 is 0 Å². The first-order valence-electron chi connectivity index (χ1n) is 5.71. The van der Waals surface area contributed by atoms with Gasteiger partial charge in [0.1, 0.15) is 5.69 Å². The number of carbonyl (C=O) groups excluding carboxylic acids is 2. The molecule has 0 amide bonds. The number of nitrogens with zero attached hydrogens (tertiary/aromatic N) is 1. The quantitative estimate of drug-likeness (QED) is 0.608. The van der Waals surface area contributed by atoms with Gasteiger partial charge in [0.25, 0.3) is 0 Å². The lowest BCUT2D eigenvalue weighted by atomic mass is 10.0. The number of aryl methyl sites for hydroxylation is 1. The summed E-state index contributed by atoms with van der Waals surface area (Å²) in [5, 5.41) is 0. The Hall–Kier alpha value is -2.29. The van der Waals surface area contributed by atoms with Crippen LogP contribution in [-0.2, 0) is 0 Å². The molecule has 0 saturated heterocycles. The van der Waals surface area contributed by atoms with Gasteiger partial charge < -0.3 is 0 Å². The average Bonchev–Trinajstić information content (AvgIpc) is 2.40. The van der Waals surface area contributed by atoms with E-state index in [0.717, 1.165) is 5.56 Å². The average molecular weight is 239 g/mol. The molecule has 0 aliphatic rings. The second-order valence-corrected chi connectivity index (χ2v) is 4.11.